The van der Waals surface area contributed by atoms with Crippen LogP contribution in [0, 0.1) is 0 Å². The summed E-state index contributed by atoms with van der Waals surface area (Å²) in [5.74, 6) is 0.431. The zero-order valence-electron chi connectivity index (χ0n) is 19.1. The van der Waals surface area contributed by atoms with Crippen LogP contribution in [0.5, 0.6) is 11.5 Å². The fraction of sp³-hybridized carbons (Fsp3) is 0.360. The van der Waals surface area contributed by atoms with Crippen LogP contribution in [0.3, 0.4) is 0 Å². The van der Waals surface area contributed by atoms with E-state index in [4.69, 9.17) is 0 Å². The van der Waals surface area contributed by atoms with Gasteiger partial charge in [0, 0.05) is 58.3 Å². The lowest BCUT2D eigenvalue weighted by Crippen LogP contribution is -2.36. The summed E-state index contributed by atoms with van der Waals surface area (Å²) in [4.78, 5) is 8.67. The van der Waals surface area contributed by atoms with Crippen LogP contribution >= 0.6 is 0 Å². The van der Waals surface area contributed by atoms with Crippen LogP contribution < -0.4 is 0 Å². The van der Waals surface area contributed by atoms with E-state index in [1.165, 1.54) is 0 Å². The number of nitrogens with zero attached hydrogens (tertiary/aromatic N) is 2. The zero-order chi connectivity index (χ0) is 22.3. The Bertz CT molecular complexity index is 1230. The summed E-state index contributed by atoms with van der Waals surface area (Å²) in [5.41, 5.74) is 5.28. The molecule has 0 amide bonds. The molecule has 0 atom stereocenters. The van der Waals surface area contributed by atoms with Crippen LogP contribution in [-0.2, 0) is 12.8 Å². The van der Waals surface area contributed by atoms with E-state index in [0.29, 0.717) is 11.1 Å². The first-order valence-corrected chi connectivity index (χ1v) is 10.7. The summed E-state index contributed by atoms with van der Waals surface area (Å²) < 4.78 is 0.855. The maximum absolute atomic E-state index is 11.2. The van der Waals surface area contributed by atoms with Gasteiger partial charge in [0.2, 0.25) is 0 Å². The number of fused-ring (bicyclic) bond motifs is 2. The molecule has 6 nitrogen and oxygen atoms in total. The van der Waals surface area contributed by atoms with Crippen molar-refractivity contribution in [2.24, 2.45) is 0 Å². The van der Waals surface area contributed by atoms with Gasteiger partial charge in [0.05, 0.1) is 27.7 Å². The van der Waals surface area contributed by atoms with E-state index in [1.54, 1.807) is 0 Å². The molecule has 4 aromatic rings. The maximum Gasteiger partial charge on any atom is 0.133 e. The number of phenolic OH excluding ortho intramolecular Hbond substituents is 2. The lowest BCUT2D eigenvalue weighted by atomic mass is 9.96. The van der Waals surface area contributed by atoms with Crippen LogP contribution in [0.15, 0.2) is 36.7 Å². The van der Waals surface area contributed by atoms with E-state index in [0.717, 1.165) is 63.3 Å². The van der Waals surface area contributed by atoms with E-state index >= 15 is 0 Å². The van der Waals surface area contributed by atoms with E-state index in [-0.39, 0.29) is 11.5 Å². The largest absolute Gasteiger partial charge is 0.507 e. The topological polar surface area (TPSA) is 75.3 Å². The highest BCUT2D eigenvalue weighted by Gasteiger charge is 2.20. The third kappa shape index (κ3) is 4.13. The van der Waals surface area contributed by atoms with E-state index < -0.39 is 0 Å². The summed E-state index contributed by atoms with van der Waals surface area (Å²) in [6.45, 7) is 1.86. The fourth-order valence-electron chi connectivity index (χ4n) is 4.18. The quantitative estimate of drug-likeness (QED) is 0.340. The number of benzene rings is 2. The second-order valence-corrected chi connectivity index (χ2v) is 9.71. The van der Waals surface area contributed by atoms with Crippen molar-refractivity contribution in [3.05, 3.63) is 47.8 Å². The highest BCUT2D eigenvalue weighted by atomic mass is 16.3. The van der Waals surface area contributed by atoms with Crippen LogP contribution in [0.25, 0.3) is 32.9 Å². The average molecular weight is 422 g/mol. The summed E-state index contributed by atoms with van der Waals surface area (Å²) in [6.07, 6.45) is 5.65. The Balaban J connectivity index is 1.80. The summed E-state index contributed by atoms with van der Waals surface area (Å²) in [6, 6.07) is 7.71. The van der Waals surface area contributed by atoms with Crippen LogP contribution in [0.2, 0.25) is 0 Å². The van der Waals surface area contributed by atoms with Crippen molar-refractivity contribution in [2.45, 2.75) is 12.8 Å². The summed E-state index contributed by atoms with van der Waals surface area (Å²) in [5, 5.41) is 24.1. The third-order valence-corrected chi connectivity index (χ3v) is 5.97. The number of rotatable bonds is 7. The van der Waals surface area contributed by atoms with Crippen LogP contribution in [0.1, 0.15) is 11.1 Å². The monoisotopic (exact) mass is 421 g/mol. The fourth-order valence-corrected chi connectivity index (χ4v) is 4.18. The highest BCUT2D eigenvalue weighted by Crippen LogP contribution is 2.44. The van der Waals surface area contributed by atoms with Gasteiger partial charge in [0.15, 0.2) is 0 Å². The van der Waals surface area contributed by atoms with Gasteiger partial charge in [-0.25, -0.2) is 0 Å². The number of hydrogen-bond acceptors (Lipinski definition) is 3. The average Bonchev–Trinajstić information content (AvgIpc) is 3.30. The second kappa shape index (κ2) is 7.94. The van der Waals surface area contributed by atoms with Gasteiger partial charge in [0.25, 0.3) is 0 Å². The van der Waals surface area contributed by atoms with Crippen molar-refractivity contribution in [3.8, 4) is 22.6 Å². The first-order valence-electron chi connectivity index (χ1n) is 10.7. The summed E-state index contributed by atoms with van der Waals surface area (Å²) in [7, 11) is 10.6. The standard InChI is InChI=1S/C25H32N4O2/c1-28(2)12-10-16-14-26-20-8-6-18(24(30)22(16)20)19-7-9-21-23(25(19)31)17(15-27-21)11-13-29(3,4)5/h6-9,14-15,26-27H,10-13H2,1-5H3,(H-,30,31)/p+1. The van der Waals surface area contributed by atoms with Crippen molar-refractivity contribution >= 4 is 21.8 Å². The van der Waals surface area contributed by atoms with E-state index in [9.17, 15) is 10.2 Å². The Labute approximate surface area is 183 Å². The summed E-state index contributed by atoms with van der Waals surface area (Å²) >= 11 is 0. The molecule has 4 rings (SSSR count). The van der Waals surface area contributed by atoms with Gasteiger partial charge < -0.3 is 29.6 Å². The molecule has 2 aromatic heterocycles. The van der Waals surface area contributed by atoms with Crippen molar-refractivity contribution in [2.75, 3.05) is 48.3 Å². The molecule has 6 heteroatoms. The molecular weight excluding hydrogens is 388 g/mol. The Kier molecular flexibility index (Phi) is 5.45. The van der Waals surface area contributed by atoms with Gasteiger partial charge in [0.1, 0.15) is 11.5 Å². The molecule has 164 valence electrons. The molecule has 2 aromatic carbocycles. The van der Waals surface area contributed by atoms with Gasteiger partial charge in [-0.2, -0.15) is 0 Å². The number of quaternary nitrogens is 1. The number of likely N-dealkylation sites (N-methyl/N-ethyl adjacent to an activating group) is 2. The molecule has 0 saturated heterocycles. The molecule has 0 spiro atoms. The number of aromatic hydroxyl groups is 2. The van der Waals surface area contributed by atoms with Crippen molar-refractivity contribution in [1.29, 1.82) is 0 Å². The number of hydrogen-bond donors (Lipinski definition) is 4. The molecule has 0 fully saturated rings. The second-order valence-electron chi connectivity index (χ2n) is 9.71. The number of aromatic amines is 2. The number of phenols is 2. The SMILES string of the molecule is CN(C)CCc1c[nH]c2ccc(-c3ccc4[nH]cc(CC[N+](C)(C)C)c4c3O)c(O)c12. The Morgan fingerprint density at radius 1 is 0.774 bits per heavy atom. The number of H-pyrrole nitrogens is 2. The van der Waals surface area contributed by atoms with E-state index in [2.05, 4.69) is 36.0 Å². The molecule has 2 heterocycles. The lowest BCUT2D eigenvalue weighted by Gasteiger charge is -2.23. The maximum atomic E-state index is 11.2. The molecule has 0 aliphatic carbocycles. The Morgan fingerprint density at radius 2 is 1.26 bits per heavy atom. The molecule has 0 aliphatic heterocycles. The lowest BCUT2D eigenvalue weighted by molar-refractivity contribution is -0.870. The van der Waals surface area contributed by atoms with Crippen molar-refractivity contribution in [3.63, 3.8) is 0 Å². The number of nitrogens with one attached hydrogen (secondary N) is 2. The van der Waals surface area contributed by atoms with Crippen LogP contribution in [0.4, 0.5) is 0 Å². The molecule has 0 aliphatic rings. The number of aromatic nitrogens is 2. The molecule has 0 saturated carbocycles. The zero-order valence-corrected chi connectivity index (χ0v) is 19.1. The minimum atomic E-state index is 0.214. The minimum absolute atomic E-state index is 0.214. The van der Waals surface area contributed by atoms with Crippen molar-refractivity contribution < 1.29 is 14.7 Å². The molecule has 31 heavy (non-hydrogen) atoms. The molecule has 4 N–H and O–H groups in total. The first kappa shape index (κ1) is 21.3. The predicted molar refractivity (Wildman–Crippen MR) is 128 cm³/mol. The van der Waals surface area contributed by atoms with E-state index in [1.807, 2.05) is 50.8 Å². The van der Waals surface area contributed by atoms with Gasteiger partial charge in [-0.3, -0.25) is 0 Å². The molecule has 0 unspecified atom stereocenters. The first-order chi connectivity index (χ1) is 14.7. The Morgan fingerprint density at radius 3 is 1.71 bits per heavy atom. The highest BCUT2D eigenvalue weighted by molar-refractivity contribution is 6.01. The molecule has 0 bridgehead atoms. The minimum Gasteiger partial charge on any atom is -0.507 e. The van der Waals surface area contributed by atoms with Gasteiger partial charge in [-0.1, -0.05) is 0 Å². The smallest absolute Gasteiger partial charge is 0.133 e. The van der Waals surface area contributed by atoms with Gasteiger partial charge in [-0.15, -0.1) is 0 Å². The predicted octanol–water partition coefficient (Wildman–Crippen LogP) is 4.08. The van der Waals surface area contributed by atoms with Gasteiger partial charge >= 0.3 is 0 Å². The third-order valence-electron chi connectivity index (χ3n) is 5.97. The van der Waals surface area contributed by atoms with Crippen molar-refractivity contribution in [1.82, 2.24) is 14.9 Å². The van der Waals surface area contributed by atoms with Crippen LogP contribution in [-0.4, -0.2) is 77.9 Å². The Hall–Kier alpha value is -2.96. The normalized spacial score (nSPS) is 12.5. The van der Waals surface area contributed by atoms with Gasteiger partial charge in [-0.05, 0) is 55.9 Å². The molecular formula is C25H33N4O2+. The molecule has 0 radical (unpaired) electrons.